The number of aromatic amines is 1. The summed E-state index contributed by atoms with van der Waals surface area (Å²) < 4.78 is 56.6. The predicted molar refractivity (Wildman–Crippen MR) is 287 cm³/mol. The number of H-pyrrole nitrogens is 1. The minimum absolute atomic E-state index is 0.0179. The smallest absolute Gasteiger partial charge is 0.312 e. The van der Waals surface area contributed by atoms with Gasteiger partial charge in [-0.15, -0.1) is 0 Å². The molecule has 0 unspecified atom stereocenters. The quantitative estimate of drug-likeness (QED) is 0.0402. The molecule has 6 heterocycles. The number of hydrogen-bond acceptors (Lipinski definition) is 15. The number of benzene rings is 2. The van der Waals surface area contributed by atoms with Gasteiger partial charge < -0.3 is 29.8 Å². The zero-order valence-corrected chi connectivity index (χ0v) is 44.7. The largest absolute Gasteiger partial charge is 0.478 e. The first kappa shape index (κ1) is 53.0. The number of aliphatic hydroxyl groups is 1. The van der Waals surface area contributed by atoms with E-state index in [1.165, 1.54) is 30.4 Å². The number of nitrogens with one attached hydrogen (secondary N) is 3. The number of rotatable bonds is 16. The van der Waals surface area contributed by atoms with Crippen molar-refractivity contribution in [3.8, 4) is 17.4 Å². The summed E-state index contributed by atoms with van der Waals surface area (Å²) in [6, 6.07) is 20.6. The molecule has 76 heavy (non-hydrogen) atoms. The van der Waals surface area contributed by atoms with Crippen molar-refractivity contribution in [3.05, 3.63) is 129 Å². The second kappa shape index (κ2) is 21.5. The molecule has 2 aliphatic heterocycles. The third-order valence-corrected chi connectivity index (χ3v) is 17.7. The van der Waals surface area contributed by atoms with E-state index in [9.17, 15) is 32.8 Å². The van der Waals surface area contributed by atoms with Crippen molar-refractivity contribution in [2.45, 2.75) is 107 Å². The van der Waals surface area contributed by atoms with Gasteiger partial charge in [0.15, 0.2) is 5.75 Å². The predicted octanol–water partition coefficient (Wildman–Crippen LogP) is 9.76. The number of ether oxygens (including phenoxy) is 2. The summed E-state index contributed by atoms with van der Waals surface area (Å²) in [7, 11) is -3.38. The number of carbonyl (C=O) groups excluding carboxylic acids is 1. The molecular weight excluding hydrogens is 1020 g/mol. The van der Waals surface area contributed by atoms with Crippen LogP contribution in [0.25, 0.3) is 11.0 Å². The van der Waals surface area contributed by atoms with E-state index < -0.39 is 42.9 Å². The van der Waals surface area contributed by atoms with E-state index in [4.69, 9.17) is 21.1 Å². The van der Waals surface area contributed by atoms with Gasteiger partial charge in [0, 0.05) is 94.2 Å². The zero-order valence-electron chi connectivity index (χ0n) is 43.1. The Morgan fingerprint density at radius 3 is 2.50 bits per heavy atom. The van der Waals surface area contributed by atoms with E-state index >= 15 is 0 Å². The van der Waals surface area contributed by atoms with Gasteiger partial charge in [0.05, 0.1) is 34.8 Å². The highest BCUT2D eigenvalue weighted by molar-refractivity contribution is 7.90. The maximum Gasteiger partial charge on any atom is 0.312 e. The Labute approximate surface area is 446 Å². The van der Waals surface area contributed by atoms with Gasteiger partial charge >= 0.3 is 5.69 Å². The molecule has 4 aromatic heterocycles. The molecule has 4 N–H and O–H groups in total. The van der Waals surface area contributed by atoms with Gasteiger partial charge in [-0.3, -0.25) is 24.7 Å². The molecule has 6 aromatic rings. The van der Waals surface area contributed by atoms with Crippen LogP contribution < -0.4 is 24.4 Å². The summed E-state index contributed by atoms with van der Waals surface area (Å²) in [6.45, 7) is 11.7. The minimum Gasteiger partial charge on any atom is -0.478 e. The average molecular weight is 1080 g/mol. The van der Waals surface area contributed by atoms with Crippen LogP contribution in [-0.2, 0) is 16.6 Å². The van der Waals surface area contributed by atoms with Crippen molar-refractivity contribution in [2.24, 2.45) is 11.3 Å². The standard InChI is InChI=1S/C55H64ClFN10O8S/c1-34(2)40-7-5-6-8-41(40)46-33-64(32-36-13-18-58-49(56)23-36)21-22-66(46)38-27-55(28-38)16-19-65(20-17-55)37-9-10-42(47(24-37)75-48-26-43-44(57)31-61-50(43)62-53(48)74-4)52(68)63-76(72,73)39-25-45(67(70)71)51(60-30-39)59-29-35-11-14-54(3,69)15-12-35/h5-10,13,18,23-26,30-31,34-35,38,46,69H,11-12,14-17,19-22,27-29,32-33H2,1-4H3,(H,59,60)(H,61,62)(H,63,68)/t35?,46-,54?/m0/s1. The first-order valence-electron chi connectivity index (χ1n) is 26.0. The molecule has 402 valence electrons. The lowest BCUT2D eigenvalue weighted by Gasteiger charge is -2.58. The van der Waals surface area contributed by atoms with E-state index in [0.717, 1.165) is 94.7 Å². The van der Waals surface area contributed by atoms with Gasteiger partial charge in [-0.25, -0.2) is 27.5 Å². The third-order valence-electron chi connectivity index (χ3n) is 16.2. The lowest BCUT2D eigenvalue weighted by Crippen LogP contribution is -2.60. The van der Waals surface area contributed by atoms with Gasteiger partial charge in [0.1, 0.15) is 27.3 Å². The van der Waals surface area contributed by atoms with Gasteiger partial charge in [0.2, 0.25) is 5.82 Å². The Balaban J connectivity index is 0.859. The normalized spacial score (nSPS) is 21.4. The number of anilines is 2. The number of sulfonamides is 1. The first-order valence-corrected chi connectivity index (χ1v) is 27.9. The molecule has 21 heteroatoms. The summed E-state index contributed by atoms with van der Waals surface area (Å²) >= 11 is 6.29. The van der Waals surface area contributed by atoms with Crippen molar-refractivity contribution in [3.63, 3.8) is 0 Å². The van der Waals surface area contributed by atoms with E-state index in [0.29, 0.717) is 49.3 Å². The molecule has 1 atom stereocenters. The molecule has 10 rings (SSSR count). The lowest BCUT2D eigenvalue weighted by atomic mass is 9.59. The van der Waals surface area contributed by atoms with Crippen LogP contribution in [0.2, 0.25) is 5.15 Å². The molecule has 1 amide bonds. The van der Waals surface area contributed by atoms with Crippen LogP contribution in [0.5, 0.6) is 17.4 Å². The number of fused-ring (bicyclic) bond motifs is 1. The fourth-order valence-electron chi connectivity index (χ4n) is 11.8. The van der Waals surface area contributed by atoms with Crippen LogP contribution in [0.1, 0.15) is 111 Å². The van der Waals surface area contributed by atoms with Crippen LogP contribution in [0, 0.1) is 27.3 Å². The molecule has 4 fully saturated rings. The number of hydrogen-bond donors (Lipinski definition) is 4. The van der Waals surface area contributed by atoms with Crippen molar-refractivity contribution in [1.29, 1.82) is 0 Å². The molecule has 2 aliphatic carbocycles. The summed E-state index contributed by atoms with van der Waals surface area (Å²) in [6.07, 6.45) is 10.5. The molecule has 2 saturated carbocycles. The highest BCUT2D eigenvalue weighted by atomic mass is 35.5. The van der Waals surface area contributed by atoms with Crippen LogP contribution >= 0.6 is 11.6 Å². The maximum absolute atomic E-state index is 14.9. The van der Waals surface area contributed by atoms with Crippen molar-refractivity contribution in [1.82, 2.24) is 34.5 Å². The van der Waals surface area contributed by atoms with Gasteiger partial charge in [-0.05, 0) is 116 Å². The average Bonchev–Trinajstić information content (AvgIpc) is 3.76. The third kappa shape index (κ3) is 11.3. The summed E-state index contributed by atoms with van der Waals surface area (Å²) in [5, 5.41) is 26.2. The van der Waals surface area contributed by atoms with Crippen molar-refractivity contribution < 1.29 is 37.1 Å². The van der Waals surface area contributed by atoms with E-state index in [-0.39, 0.29) is 57.2 Å². The fraction of sp³-hybridized carbons (Fsp3) is 0.455. The Bertz CT molecular complexity index is 3240. The number of piperazine rings is 1. The highest BCUT2D eigenvalue weighted by Crippen LogP contribution is 2.53. The summed E-state index contributed by atoms with van der Waals surface area (Å²) in [5.74, 6) is -1.39. The lowest BCUT2D eigenvalue weighted by molar-refractivity contribution is -0.384. The number of nitro groups is 1. The molecule has 2 aromatic carbocycles. The molecule has 18 nitrogen and oxygen atoms in total. The van der Waals surface area contributed by atoms with Gasteiger partial charge in [-0.2, -0.15) is 4.98 Å². The molecular formula is C55H64ClFN10O8S. The molecule has 1 spiro atoms. The first-order chi connectivity index (χ1) is 36.4. The topological polar surface area (TPSA) is 221 Å². The number of nitrogens with zero attached hydrogens (tertiary/aromatic N) is 7. The Morgan fingerprint density at radius 2 is 1.78 bits per heavy atom. The minimum atomic E-state index is -4.74. The molecule has 0 bridgehead atoms. The summed E-state index contributed by atoms with van der Waals surface area (Å²) in [4.78, 5) is 48.0. The maximum atomic E-state index is 14.9. The second-order valence-electron chi connectivity index (χ2n) is 21.7. The van der Waals surface area contributed by atoms with E-state index in [2.05, 4.69) is 82.8 Å². The zero-order chi connectivity index (χ0) is 53.5. The number of halogens is 2. The molecule has 4 aliphatic rings. The Morgan fingerprint density at radius 1 is 1.01 bits per heavy atom. The SMILES string of the molecule is COc1nc2[nH]cc(F)c2cc1Oc1cc(N2CCC3(CC2)CC(N2CCN(Cc4ccnc(Cl)c4)C[C@H]2c2ccccc2C(C)C)C3)ccc1C(=O)NS(=O)(=O)c1cnc(NCC2CCC(C)(O)CC2)c([N+](=O)[O-])c1. The second-order valence-corrected chi connectivity index (χ2v) is 23.7. The van der Waals surface area contributed by atoms with Gasteiger partial charge in [-0.1, -0.05) is 49.7 Å². The number of amides is 1. The van der Waals surface area contributed by atoms with E-state index in [1.807, 2.05) is 12.1 Å². The van der Waals surface area contributed by atoms with Crippen molar-refractivity contribution in [2.75, 3.05) is 56.6 Å². The van der Waals surface area contributed by atoms with Crippen LogP contribution in [0.4, 0.5) is 21.6 Å². The number of methoxy groups -OCH3 is 1. The number of pyridine rings is 3. The van der Waals surface area contributed by atoms with Crippen LogP contribution in [0.3, 0.4) is 0 Å². The molecule has 0 radical (unpaired) electrons. The van der Waals surface area contributed by atoms with Crippen LogP contribution in [0.15, 0.2) is 90.2 Å². The number of carbonyl (C=O) groups is 1. The van der Waals surface area contributed by atoms with Gasteiger partial charge in [0.25, 0.3) is 21.8 Å². The van der Waals surface area contributed by atoms with E-state index in [1.54, 1.807) is 25.3 Å². The Kier molecular flexibility index (Phi) is 15.0. The number of aromatic nitrogens is 4. The highest BCUT2D eigenvalue weighted by Gasteiger charge is 2.50. The van der Waals surface area contributed by atoms with Crippen LogP contribution in [-0.4, -0.2) is 112 Å². The summed E-state index contributed by atoms with van der Waals surface area (Å²) in [5.41, 5.74) is 3.47. The van der Waals surface area contributed by atoms with Crippen molar-refractivity contribution >= 4 is 55.8 Å². The number of piperidine rings is 1. The monoisotopic (exact) mass is 1080 g/mol. The Hall–Kier alpha value is -6.45. The molecule has 2 saturated heterocycles. The fourth-order valence-corrected chi connectivity index (χ4v) is 12.9.